The number of aromatic nitrogens is 2. The molecule has 0 saturated heterocycles. The molecule has 1 amide bonds. The first-order chi connectivity index (χ1) is 13.5. The number of nitrogens with zero attached hydrogens (tertiary/aromatic N) is 3. The summed E-state index contributed by atoms with van der Waals surface area (Å²) in [5, 5.41) is 22.1. The Morgan fingerprint density at radius 1 is 1.21 bits per heavy atom. The van der Waals surface area contributed by atoms with Crippen LogP contribution in [0.1, 0.15) is 16.1 Å². The van der Waals surface area contributed by atoms with E-state index in [0.29, 0.717) is 16.3 Å². The van der Waals surface area contributed by atoms with Gasteiger partial charge >= 0.3 is 0 Å². The number of hydrazone groups is 1. The van der Waals surface area contributed by atoms with Gasteiger partial charge in [-0.2, -0.15) is 10.2 Å². The first-order valence-electron chi connectivity index (χ1n) is 8.09. The van der Waals surface area contributed by atoms with E-state index in [4.69, 9.17) is 11.6 Å². The Kier molecular flexibility index (Phi) is 5.93. The fraction of sp³-hybridized carbons (Fsp3) is 0. The zero-order chi connectivity index (χ0) is 19.9. The third kappa shape index (κ3) is 4.68. The number of carbonyl (C=O) groups excluding carboxylic acids is 1. The highest BCUT2D eigenvalue weighted by atomic mass is 35.5. The number of hydrogen-bond acceptors (Lipinski definition) is 5. The van der Waals surface area contributed by atoms with Crippen molar-refractivity contribution >= 4 is 35.5 Å². The number of halogens is 1. The van der Waals surface area contributed by atoms with Crippen molar-refractivity contribution in [2.75, 3.05) is 0 Å². The van der Waals surface area contributed by atoms with Crippen LogP contribution in [0.2, 0.25) is 5.02 Å². The van der Waals surface area contributed by atoms with Gasteiger partial charge in [0.25, 0.3) is 11.6 Å². The molecule has 28 heavy (non-hydrogen) atoms. The first kappa shape index (κ1) is 19.0. The van der Waals surface area contributed by atoms with Gasteiger partial charge in [-0.25, -0.2) is 5.43 Å². The smallest absolute Gasteiger partial charge is 0.272 e. The lowest BCUT2D eigenvalue weighted by Crippen LogP contribution is -2.17. The molecule has 0 unspecified atom stereocenters. The van der Waals surface area contributed by atoms with Gasteiger partial charge in [0.1, 0.15) is 5.69 Å². The van der Waals surface area contributed by atoms with Gasteiger partial charge in [-0.3, -0.25) is 20.0 Å². The zero-order valence-electron chi connectivity index (χ0n) is 14.4. The van der Waals surface area contributed by atoms with E-state index in [9.17, 15) is 14.9 Å². The average Bonchev–Trinajstić information content (AvgIpc) is 3.18. The van der Waals surface area contributed by atoms with Gasteiger partial charge < -0.3 is 0 Å². The molecule has 0 aliphatic carbocycles. The third-order valence-corrected chi connectivity index (χ3v) is 3.95. The molecule has 0 aliphatic rings. The molecule has 0 saturated carbocycles. The minimum absolute atomic E-state index is 0.0108. The quantitative estimate of drug-likeness (QED) is 0.372. The van der Waals surface area contributed by atoms with E-state index >= 15 is 0 Å². The third-order valence-electron chi connectivity index (χ3n) is 3.70. The van der Waals surface area contributed by atoms with Gasteiger partial charge in [0, 0.05) is 22.9 Å². The van der Waals surface area contributed by atoms with Crippen LogP contribution in [0.4, 0.5) is 5.69 Å². The molecule has 3 aromatic rings. The number of allylic oxidation sites excluding steroid dienone is 1. The first-order valence-corrected chi connectivity index (χ1v) is 8.47. The second-order valence-electron chi connectivity index (χ2n) is 5.57. The van der Waals surface area contributed by atoms with Crippen molar-refractivity contribution in [3.05, 3.63) is 87.1 Å². The van der Waals surface area contributed by atoms with Crippen LogP contribution in [0.5, 0.6) is 0 Å². The van der Waals surface area contributed by atoms with Crippen LogP contribution in [0, 0.1) is 10.1 Å². The molecule has 2 aromatic carbocycles. The van der Waals surface area contributed by atoms with Gasteiger partial charge in [0.05, 0.1) is 16.2 Å². The van der Waals surface area contributed by atoms with Crippen LogP contribution in [0.3, 0.4) is 0 Å². The van der Waals surface area contributed by atoms with Gasteiger partial charge in [-0.05, 0) is 36.4 Å². The molecule has 0 fully saturated rings. The number of para-hydroxylation sites is 1. The number of hydrogen-bond donors (Lipinski definition) is 2. The molecule has 3 rings (SSSR count). The van der Waals surface area contributed by atoms with Crippen molar-refractivity contribution < 1.29 is 9.72 Å². The Hall–Kier alpha value is -3.78. The molecule has 0 bridgehead atoms. The number of nitro groups is 1. The summed E-state index contributed by atoms with van der Waals surface area (Å²) in [5.74, 6) is -0.469. The summed E-state index contributed by atoms with van der Waals surface area (Å²) in [6, 6.07) is 15.0. The van der Waals surface area contributed by atoms with Crippen LogP contribution >= 0.6 is 11.6 Å². The molecule has 8 nitrogen and oxygen atoms in total. The van der Waals surface area contributed by atoms with Crippen LogP contribution in [0.25, 0.3) is 17.3 Å². The molecule has 0 spiro atoms. The van der Waals surface area contributed by atoms with Crippen LogP contribution in [-0.4, -0.2) is 27.2 Å². The number of amides is 1. The maximum absolute atomic E-state index is 12.1. The van der Waals surface area contributed by atoms with Crippen molar-refractivity contribution in [2.45, 2.75) is 0 Å². The number of H-pyrrole nitrogens is 1. The van der Waals surface area contributed by atoms with Crippen LogP contribution in [0.15, 0.2) is 65.8 Å². The summed E-state index contributed by atoms with van der Waals surface area (Å²) < 4.78 is 0. The maximum atomic E-state index is 12.1. The fourth-order valence-electron chi connectivity index (χ4n) is 2.35. The Labute approximate surface area is 164 Å². The molecular formula is C19H14ClN5O3. The van der Waals surface area contributed by atoms with E-state index in [1.165, 1.54) is 24.4 Å². The SMILES string of the molecule is O=C(NN=CC=Cc1ccccc1[N+](=O)[O-])c1cc(-c2ccc(Cl)cc2)n[nH]1. The summed E-state index contributed by atoms with van der Waals surface area (Å²) in [7, 11) is 0. The summed E-state index contributed by atoms with van der Waals surface area (Å²) in [6.07, 6.45) is 4.35. The largest absolute Gasteiger partial charge is 0.289 e. The minimum Gasteiger partial charge on any atom is -0.272 e. The molecule has 9 heteroatoms. The van der Waals surface area contributed by atoms with Gasteiger partial charge in [0.15, 0.2) is 0 Å². The fourth-order valence-corrected chi connectivity index (χ4v) is 2.47. The predicted molar refractivity (Wildman–Crippen MR) is 107 cm³/mol. The number of aromatic amines is 1. The van der Waals surface area contributed by atoms with Gasteiger partial charge in [0.2, 0.25) is 0 Å². The molecular weight excluding hydrogens is 382 g/mol. The highest BCUT2D eigenvalue weighted by molar-refractivity contribution is 6.30. The number of nitrogens with one attached hydrogen (secondary N) is 2. The van der Waals surface area contributed by atoms with Crippen molar-refractivity contribution in [1.82, 2.24) is 15.6 Å². The van der Waals surface area contributed by atoms with E-state index in [-0.39, 0.29) is 11.4 Å². The lowest BCUT2D eigenvalue weighted by atomic mass is 10.1. The lowest BCUT2D eigenvalue weighted by Gasteiger charge is -1.96. The molecule has 2 N–H and O–H groups in total. The number of benzene rings is 2. The van der Waals surface area contributed by atoms with E-state index in [2.05, 4.69) is 20.7 Å². The van der Waals surface area contributed by atoms with Gasteiger partial charge in [-0.1, -0.05) is 35.9 Å². The minimum atomic E-state index is -0.469. The van der Waals surface area contributed by atoms with E-state index in [1.54, 1.807) is 48.5 Å². The highest BCUT2D eigenvalue weighted by Crippen LogP contribution is 2.20. The zero-order valence-corrected chi connectivity index (χ0v) is 15.1. The number of rotatable bonds is 6. The molecule has 140 valence electrons. The highest BCUT2D eigenvalue weighted by Gasteiger charge is 2.10. The molecule has 0 atom stereocenters. The van der Waals surface area contributed by atoms with E-state index in [0.717, 1.165) is 5.56 Å². The molecule has 1 heterocycles. The van der Waals surface area contributed by atoms with Crippen molar-refractivity contribution in [2.24, 2.45) is 5.10 Å². The van der Waals surface area contributed by atoms with E-state index < -0.39 is 10.8 Å². The Bertz CT molecular complexity index is 1060. The topological polar surface area (TPSA) is 113 Å². The maximum Gasteiger partial charge on any atom is 0.289 e. The summed E-state index contributed by atoms with van der Waals surface area (Å²) in [6.45, 7) is 0. The standard InChI is InChI=1S/C19H14ClN5O3/c20-15-9-7-13(8-10-15)16-12-17(23-22-16)19(26)24-21-11-3-5-14-4-1-2-6-18(14)25(27)28/h1-12H,(H,22,23)(H,24,26). The average molecular weight is 396 g/mol. The Morgan fingerprint density at radius 2 is 1.96 bits per heavy atom. The van der Waals surface area contributed by atoms with Crippen molar-refractivity contribution in [1.29, 1.82) is 0 Å². The summed E-state index contributed by atoms with van der Waals surface area (Å²) >= 11 is 5.85. The van der Waals surface area contributed by atoms with Crippen molar-refractivity contribution in [3.8, 4) is 11.3 Å². The predicted octanol–water partition coefficient (Wildman–Crippen LogP) is 4.07. The second kappa shape index (κ2) is 8.74. The Morgan fingerprint density at radius 3 is 2.71 bits per heavy atom. The van der Waals surface area contributed by atoms with E-state index in [1.807, 2.05) is 0 Å². The molecule has 1 aromatic heterocycles. The second-order valence-corrected chi connectivity index (χ2v) is 6.00. The monoisotopic (exact) mass is 395 g/mol. The van der Waals surface area contributed by atoms with Gasteiger partial charge in [-0.15, -0.1) is 0 Å². The summed E-state index contributed by atoms with van der Waals surface area (Å²) in [4.78, 5) is 22.6. The number of nitro benzene ring substituents is 1. The van der Waals surface area contributed by atoms with Crippen LogP contribution < -0.4 is 5.43 Å². The summed E-state index contributed by atoms with van der Waals surface area (Å²) in [5.41, 5.74) is 4.43. The lowest BCUT2D eigenvalue weighted by molar-refractivity contribution is -0.385. The number of carbonyl (C=O) groups is 1. The van der Waals surface area contributed by atoms with Crippen LogP contribution in [-0.2, 0) is 0 Å². The molecule has 0 radical (unpaired) electrons. The van der Waals surface area contributed by atoms with Crippen molar-refractivity contribution in [3.63, 3.8) is 0 Å². The molecule has 0 aliphatic heterocycles. The normalized spacial score (nSPS) is 11.2. The Balaban J connectivity index is 1.60.